The van der Waals surface area contributed by atoms with Crippen molar-refractivity contribution in [3.8, 4) is 17.6 Å². The number of benzene rings is 1. The van der Waals surface area contributed by atoms with Crippen LogP contribution in [0.15, 0.2) is 24.3 Å². The first kappa shape index (κ1) is 27.4. The van der Waals surface area contributed by atoms with E-state index in [1.165, 1.54) is 26.7 Å². The van der Waals surface area contributed by atoms with Gasteiger partial charge in [0.15, 0.2) is 6.29 Å². The minimum absolute atomic E-state index is 0.0489. The van der Waals surface area contributed by atoms with E-state index in [9.17, 15) is 9.59 Å². The summed E-state index contributed by atoms with van der Waals surface area (Å²) >= 11 is 0. The van der Waals surface area contributed by atoms with E-state index in [-0.39, 0.29) is 12.3 Å². The molecule has 1 saturated heterocycles. The average Bonchev–Trinajstić information content (AvgIpc) is 2.87. The van der Waals surface area contributed by atoms with Gasteiger partial charge in [0.2, 0.25) is 0 Å². The van der Waals surface area contributed by atoms with Crippen molar-refractivity contribution in [2.45, 2.75) is 64.1 Å². The average molecular weight is 473 g/mol. The third-order valence-corrected chi connectivity index (χ3v) is 5.27. The van der Waals surface area contributed by atoms with Gasteiger partial charge in [0, 0.05) is 43.3 Å². The summed E-state index contributed by atoms with van der Waals surface area (Å²) in [4.78, 5) is 22.9. The zero-order valence-electron chi connectivity index (χ0n) is 20.3. The van der Waals surface area contributed by atoms with Crippen molar-refractivity contribution in [3.05, 3.63) is 35.4 Å². The van der Waals surface area contributed by atoms with Crippen LogP contribution in [0.25, 0.3) is 6.08 Å². The normalized spacial score (nSPS) is 15.4. The molecular formula is C27H36O7. The molecule has 1 aromatic rings. The molecule has 0 spiro atoms. The van der Waals surface area contributed by atoms with Gasteiger partial charge in [-0.05, 0) is 63.2 Å². The molecule has 0 saturated carbocycles. The lowest BCUT2D eigenvalue weighted by Crippen LogP contribution is -2.22. The molecule has 7 nitrogen and oxygen atoms in total. The van der Waals surface area contributed by atoms with E-state index in [2.05, 4.69) is 16.6 Å². The van der Waals surface area contributed by atoms with E-state index >= 15 is 0 Å². The molecule has 0 bridgehead atoms. The highest BCUT2D eigenvalue weighted by Gasteiger charge is 2.13. The molecule has 34 heavy (non-hydrogen) atoms. The van der Waals surface area contributed by atoms with Crippen LogP contribution in [0, 0.1) is 11.8 Å². The molecule has 1 heterocycles. The number of carbonyl (C=O) groups is 2. The van der Waals surface area contributed by atoms with E-state index in [0.29, 0.717) is 38.2 Å². The Bertz CT molecular complexity index is 844. The SMILES string of the molecule is COC(=O)C=Cc1c(C#CCCCCOC2CCCCO2)cccc1OCCCCC(=O)OC. The second kappa shape index (κ2) is 16.7. The topological polar surface area (TPSA) is 80.3 Å². The minimum atomic E-state index is -0.450. The highest BCUT2D eigenvalue weighted by molar-refractivity contribution is 5.88. The molecule has 2 rings (SSSR count). The molecular weight excluding hydrogens is 436 g/mol. The van der Waals surface area contributed by atoms with Crippen molar-refractivity contribution >= 4 is 18.0 Å². The van der Waals surface area contributed by atoms with Crippen LogP contribution >= 0.6 is 0 Å². The number of unbranched alkanes of at least 4 members (excludes halogenated alkanes) is 3. The third-order valence-electron chi connectivity index (χ3n) is 5.27. The highest BCUT2D eigenvalue weighted by Crippen LogP contribution is 2.24. The molecule has 0 N–H and O–H groups in total. The summed E-state index contributed by atoms with van der Waals surface area (Å²) in [7, 11) is 2.72. The molecule has 7 heteroatoms. The summed E-state index contributed by atoms with van der Waals surface area (Å²) < 4.78 is 26.6. The van der Waals surface area contributed by atoms with Gasteiger partial charge in [-0.2, -0.15) is 0 Å². The number of hydrogen-bond donors (Lipinski definition) is 0. The molecule has 1 aliphatic rings. The first-order valence-electron chi connectivity index (χ1n) is 11.9. The van der Waals surface area contributed by atoms with Gasteiger partial charge in [-0.15, -0.1) is 0 Å². The van der Waals surface area contributed by atoms with Crippen LogP contribution in [-0.2, 0) is 28.5 Å². The number of ether oxygens (including phenoxy) is 5. The maximum absolute atomic E-state index is 11.6. The second-order valence-corrected chi connectivity index (χ2v) is 7.88. The van der Waals surface area contributed by atoms with E-state index in [1.54, 1.807) is 6.08 Å². The molecule has 0 amide bonds. The molecule has 0 radical (unpaired) electrons. The van der Waals surface area contributed by atoms with Gasteiger partial charge >= 0.3 is 11.9 Å². The predicted octanol–water partition coefficient (Wildman–Crippen LogP) is 4.66. The Kier molecular flexibility index (Phi) is 13.5. The molecule has 186 valence electrons. The summed E-state index contributed by atoms with van der Waals surface area (Å²) in [6.07, 6.45) is 10.6. The summed E-state index contributed by atoms with van der Waals surface area (Å²) in [5, 5.41) is 0. The Balaban J connectivity index is 1.89. The van der Waals surface area contributed by atoms with Crippen molar-refractivity contribution in [1.82, 2.24) is 0 Å². The number of carbonyl (C=O) groups excluding carboxylic acids is 2. The lowest BCUT2D eigenvalue weighted by molar-refractivity contribution is -0.162. The van der Waals surface area contributed by atoms with Crippen molar-refractivity contribution in [2.24, 2.45) is 0 Å². The van der Waals surface area contributed by atoms with Crippen LogP contribution in [-0.4, -0.2) is 52.3 Å². The van der Waals surface area contributed by atoms with E-state index in [4.69, 9.17) is 18.9 Å². The van der Waals surface area contributed by atoms with E-state index in [0.717, 1.165) is 49.8 Å². The molecule has 1 unspecified atom stereocenters. The number of esters is 2. The lowest BCUT2D eigenvalue weighted by Gasteiger charge is -2.22. The fraction of sp³-hybridized carbons (Fsp3) is 0.556. The third kappa shape index (κ3) is 10.9. The van der Waals surface area contributed by atoms with Crippen LogP contribution in [0.2, 0.25) is 0 Å². The molecule has 1 aliphatic heterocycles. The van der Waals surface area contributed by atoms with Crippen LogP contribution in [0.3, 0.4) is 0 Å². The fourth-order valence-electron chi connectivity index (χ4n) is 3.36. The molecule has 1 fully saturated rings. The maximum Gasteiger partial charge on any atom is 0.330 e. The maximum atomic E-state index is 11.6. The standard InChI is InChI=1S/C27H36O7/c1-30-25(28)15-6-9-19-32-24-14-11-13-22(23(24)17-18-26(29)31-2)12-5-3-4-8-20-33-27-16-7-10-21-34-27/h11,13-14,17-18,27H,3-4,6-10,15-16,19-21H2,1-2H3. The second-order valence-electron chi connectivity index (χ2n) is 7.88. The zero-order valence-corrected chi connectivity index (χ0v) is 20.3. The summed E-state index contributed by atoms with van der Waals surface area (Å²) in [6, 6.07) is 5.62. The van der Waals surface area contributed by atoms with Crippen LogP contribution in [0.5, 0.6) is 5.75 Å². The van der Waals surface area contributed by atoms with Gasteiger partial charge in [-0.1, -0.05) is 17.9 Å². The van der Waals surface area contributed by atoms with Crippen molar-refractivity contribution in [2.75, 3.05) is 34.0 Å². The largest absolute Gasteiger partial charge is 0.493 e. The van der Waals surface area contributed by atoms with Gasteiger partial charge < -0.3 is 23.7 Å². The number of methoxy groups -OCH3 is 2. The van der Waals surface area contributed by atoms with Crippen molar-refractivity contribution in [1.29, 1.82) is 0 Å². The quantitative estimate of drug-likeness (QED) is 0.179. The Morgan fingerprint density at radius 2 is 1.94 bits per heavy atom. The summed E-state index contributed by atoms with van der Waals surface area (Å²) in [5.41, 5.74) is 1.50. The van der Waals surface area contributed by atoms with Crippen molar-refractivity contribution < 1.29 is 33.3 Å². The Morgan fingerprint density at radius 3 is 2.71 bits per heavy atom. The van der Waals surface area contributed by atoms with Gasteiger partial charge in [-0.3, -0.25) is 4.79 Å². The van der Waals surface area contributed by atoms with E-state index in [1.807, 2.05) is 18.2 Å². The first-order chi connectivity index (χ1) is 16.6. The lowest BCUT2D eigenvalue weighted by atomic mass is 10.1. The molecule has 1 atom stereocenters. The van der Waals surface area contributed by atoms with Gasteiger partial charge in [0.05, 0.1) is 20.8 Å². The molecule has 0 aliphatic carbocycles. The molecule has 1 aromatic carbocycles. The van der Waals surface area contributed by atoms with Gasteiger partial charge in [0.25, 0.3) is 0 Å². The molecule has 0 aromatic heterocycles. The summed E-state index contributed by atoms with van der Waals surface area (Å²) in [6.45, 7) is 1.91. The highest BCUT2D eigenvalue weighted by atomic mass is 16.7. The number of hydrogen-bond acceptors (Lipinski definition) is 7. The first-order valence-corrected chi connectivity index (χ1v) is 11.9. The van der Waals surface area contributed by atoms with E-state index < -0.39 is 5.97 Å². The Labute approximate surface area is 202 Å². The fourth-order valence-corrected chi connectivity index (χ4v) is 3.36. The predicted molar refractivity (Wildman–Crippen MR) is 129 cm³/mol. The number of rotatable bonds is 13. The monoisotopic (exact) mass is 472 g/mol. The van der Waals surface area contributed by atoms with Crippen LogP contribution in [0.1, 0.15) is 68.9 Å². The van der Waals surface area contributed by atoms with Gasteiger partial charge in [-0.25, -0.2) is 4.79 Å². The Morgan fingerprint density at radius 1 is 1.09 bits per heavy atom. The minimum Gasteiger partial charge on any atom is -0.493 e. The summed E-state index contributed by atoms with van der Waals surface area (Å²) in [5.74, 6) is 6.36. The van der Waals surface area contributed by atoms with Crippen LogP contribution in [0.4, 0.5) is 0 Å². The smallest absolute Gasteiger partial charge is 0.330 e. The Hall–Kier alpha value is -2.82. The zero-order chi connectivity index (χ0) is 24.4. The van der Waals surface area contributed by atoms with Crippen LogP contribution < -0.4 is 4.74 Å². The van der Waals surface area contributed by atoms with Crippen molar-refractivity contribution in [3.63, 3.8) is 0 Å². The van der Waals surface area contributed by atoms with Gasteiger partial charge in [0.1, 0.15) is 5.75 Å².